The maximum atomic E-state index is 5.58. The standard InChI is InChI=1S/C11H25O3PS2/c1-4-7-8-10-17-11-9-14-15(16,12-5-2)13-6-3/h4-11H2,1-3H3. The molecule has 0 spiro atoms. The minimum Gasteiger partial charge on any atom is -0.309 e. The van der Waals surface area contributed by atoms with E-state index in [9.17, 15) is 0 Å². The van der Waals surface area contributed by atoms with Crippen molar-refractivity contribution in [2.45, 2.75) is 40.0 Å². The topological polar surface area (TPSA) is 27.7 Å². The predicted octanol–water partition coefficient (Wildman–Crippen LogP) is 4.22. The van der Waals surface area contributed by atoms with Gasteiger partial charge in [0.2, 0.25) is 0 Å². The molecule has 17 heavy (non-hydrogen) atoms. The molecule has 0 aliphatic rings. The van der Waals surface area contributed by atoms with E-state index in [1.54, 1.807) is 0 Å². The quantitative estimate of drug-likeness (QED) is 0.397. The molecule has 0 aromatic heterocycles. The summed E-state index contributed by atoms with van der Waals surface area (Å²) in [5, 5.41) is 0. The summed E-state index contributed by atoms with van der Waals surface area (Å²) in [5.41, 5.74) is 0. The SMILES string of the molecule is CCCCCSCCOP(=S)(OCC)OCC. The zero-order chi connectivity index (χ0) is 13.0. The van der Waals surface area contributed by atoms with Gasteiger partial charge in [-0.2, -0.15) is 11.8 Å². The fourth-order valence-electron chi connectivity index (χ4n) is 1.19. The molecule has 0 aromatic carbocycles. The van der Waals surface area contributed by atoms with E-state index in [-0.39, 0.29) is 0 Å². The van der Waals surface area contributed by atoms with Crippen LogP contribution in [0.5, 0.6) is 0 Å². The van der Waals surface area contributed by atoms with Crippen LogP contribution in [0, 0.1) is 0 Å². The highest BCUT2D eigenvalue weighted by molar-refractivity contribution is 8.07. The highest BCUT2D eigenvalue weighted by atomic mass is 32.5. The summed E-state index contributed by atoms with van der Waals surface area (Å²) < 4.78 is 16.4. The zero-order valence-corrected chi connectivity index (χ0v) is 13.7. The Balaban J connectivity index is 3.58. The molecule has 0 heterocycles. The third-order valence-corrected chi connectivity index (χ3v) is 5.57. The average molecular weight is 300 g/mol. The molecule has 0 aliphatic carbocycles. The normalized spacial score (nSPS) is 11.9. The Hall–Kier alpha value is 0.880. The van der Waals surface area contributed by atoms with Gasteiger partial charge >= 0.3 is 6.72 Å². The number of hydrogen-bond acceptors (Lipinski definition) is 5. The van der Waals surface area contributed by atoms with Gasteiger partial charge in [-0.15, -0.1) is 0 Å². The maximum absolute atomic E-state index is 5.58. The van der Waals surface area contributed by atoms with Crippen molar-refractivity contribution in [3.63, 3.8) is 0 Å². The number of hydrogen-bond donors (Lipinski definition) is 0. The van der Waals surface area contributed by atoms with Gasteiger partial charge in [0, 0.05) is 5.75 Å². The second-order valence-corrected chi connectivity index (χ2v) is 7.67. The summed E-state index contributed by atoms with van der Waals surface area (Å²) in [6.07, 6.45) is 3.86. The van der Waals surface area contributed by atoms with Crippen molar-refractivity contribution in [3.8, 4) is 0 Å². The Morgan fingerprint density at radius 1 is 0.941 bits per heavy atom. The number of rotatable bonds is 12. The summed E-state index contributed by atoms with van der Waals surface area (Å²) >= 11 is 7.16. The van der Waals surface area contributed by atoms with Gasteiger partial charge < -0.3 is 13.6 Å². The minimum atomic E-state index is -2.46. The Kier molecular flexibility index (Phi) is 12.6. The zero-order valence-electron chi connectivity index (χ0n) is 11.1. The van der Waals surface area contributed by atoms with Crippen LogP contribution in [0.25, 0.3) is 0 Å². The van der Waals surface area contributed by atoms with Gasteiger partial charge in [-0.25, -0.2) is 0 Å². The van der Waals surface area contributed by atoms with Crippen molar-refractivity contribution in [2.24, 2.45) is 0 Å². The summed E-state index contributed by atoms with van der Waals surface area (Å²) in [4.78, 5) is 0. The van der Waals surface area contributed by atoms with E-state index >= 15 is 0 Å². The molecule has 0 fully saturated rings. The van der Waals surface area contributed by atoms with Crippen LogP contribution in [0.1, 0.15) is 40.0 Å². The lowest BCUT2D eigenvalue weighted by atomic mass is 10.3. The van der Waals surface area contributed by atoms with Crippen molar-refractivity contribution >= 4 is 30.3 Å². The fraction of sp³-hybridized carbons (Fsp3) is 1.00. The molecule has 0 N–H and O–H groups in total. The molecule has 0 aromatic rings. The highest BCUT2D eigenvalue weighted by Gasteiger charge is 2.18. The minimum absolute atomic E-state index is 0.543. The van der Waals surface area contributed by atoms with Crippen LogP contribution in [-0.2, 0) is 25.4 Å². The van der Waals surface area contributed by atoms with Gasteiger partial charge in [-0.3, -0.25) is 0 Å². The molecule has 0 amide bonds. The second kappa shape index (κ2) is 11.9. The first-order chi connectivity index (χ1) is 8.18. The summed E-state index contributed by atoms with van der Waals surface area (Å²) in [5.74, 6) is 2.16. The number of thioether (sulfide) groups is 1. The molecular weight excluding hydrogens is 275 g/mol. The Bertz CT molecular complexity index is 205. The smallest absolute Gasteiger partial charge is 0.309 e. The molecule has 104 valence electrons. The van der Waals surface area contributed by atoms with Crippen LogP contribution in [0.15, 0.2) is 0 Å². The van der Waals surface area contributed by atoms with E-state index < -0.39 is 6.72 Å². The first kappa shape index (κ1) is 17.9. The van der Waals surface area contributed by atoms with Crippen molar-refractivity contribution in [2.75, 3.05) is 31.3 Å². The second-order valence-electron chi connectivity index (χ2n) is 3.44. The Morgan fingerprint density at radius 2 is 1.59 bits per heavy atom. The fourth-order valence-corrected chi connectivity index (χ4v) is 4.16. The van der Waals surface area contributed by atoms with Crippen molar-refractivity contribution in [1.29, 1.82) is 0 Å². The first-order valence-corrected chi connectivity index (χ1v) is 10.0. The van der Waals surface area contributed by atoms with Gasteiger partial charge in [-0.05, 0) is 37.8 Å². The lowest BCUT2D eigenvalue weighted by molar-refractivity contribution is 0.174. The summed E-state index contributed by atoms with van der Waals surface area (Å²) in [6.45, 7) is 5.27. The summed E-state index contributed by atoms with van der Waals surface area (Å²) in [7, 11) is 0. The lowest BCUT2D eigenvalue weighted by Crippen LogP contribution is -2.02. The van der Waals surface area contributed by atoms with Gasteiger partial charge in [0.25, 0.3) is 0 Å². The van der Waals surface area contributed by atoms with E-state index in [1.165, 1.54) is 25.0 Å². The highest BCUT2D eigenvalue weighted by Crippen LogP contribution is 2.49. The molecule has 3 nitrogen and oxygen atoms in total. The van der Waals surface area contributed by atoms with Gasteiger partial charge in [0.15, 0.2) is 0 Å². The molecule has 0 bridgehead atoms. The van der Waals surface area contributed by atoms with Gasteiger partial charge in [0.05, 0.1) is 19.8 Å². The van der Waals surface area contributed by atoms with E-state index in [0.717, 1.165) is 5.75 Å². The van der Waals surface area contributed by atoms with E-state index in [2.05, 4.69) is 6.92 Å². The van der Waals surface area contributed by atoms with Crippen molar-refractivity contribution in [3.05, 3.63) is 0 Å². The maximum Gasteiger partial charge on any atom is 0.327 e. The molecule has 0 rings (SSSR count). The molecule has 0 saturated carbocycles. The Labute approximate surface area is 115 Å². The van der Waals surface area contributed by atoms with Crippen LogP contribution in [0.2, 0.25) is 0 Å². The van der Waals surface area contributed by atoms with Crippen LogP contribution < -0.4 is 0 Å². The van der Waals surface area contributed by atoms with Gasteiger partial charge in [-0.1, -0.05) is 19.8 Å². The molecule has 6 heteroatoms. The number of unbranched alkanes of at least 4 members (excludes halogenated alkanes) is 2. The van der Waals surface area contributed by atoms with E-state index in [4.69, 9.17) is 25.4 Å². The lowest BCUT2D eigenvalue weighted by Gasteiger charge is -2.20. The predicted molar refractivity (Wildman–Crippen MR) is 80.3 cm³/mol. The van der Waals surface area contributed by atoms with E-state index in [1.807, 2.05) is 25.6 Å². The van der Waals surface area contributed by atoms with Crippen molar-refractivity contribution < 1.29 is 13.6 Å². The molecule has 0 aliphatic heterocycles. The third-order valence-electron chi connectivity index (χ3n) is 1.94. The van der Waals surface area contributed by atoms with Crippen LogP contribution >= 0.6 is 18.5 Å². The molecule has 0 saturated heterocycles. The van der Waals surface area contributed by atoms with Crippen LogP contribution in [0.4, 0.5) is 0 Å². The summed E-state index contributed by atoms with van der Waals surface area (Å²) in [6, 6.07) is 0. The molecule has 0 radical (unpaired) electrons. The average Bonchev–Trinajstić information content (AvgIpc) is 2.28. The largest absolute Gasteiger partial charge is 0.327 e. The molecule has 0 unspecified atom stereocenters. The van der Waals surface area contributed by atoms with Gasteiger partial charge in [0.1, 0.15) is 0 Å². The Morgan fingerprint density at radius 3 is 2.12 bits per heavy atom. The monoisotopic (exact) mass is 300 g/mol. The van der Waals surface area contributed by atoms with E-state index in [0.29, 0.717) is 19.8 Å². The molecule has 0 atom stereocenters. The first-order valence-electron chi connectivity index (χ1n) is 6.29. The van der Waals surface area contributed by atoms with Crippen LogP contribution in [0.3, 0.4) is 0 Å². The molecular formula is C11H25O3PS2. The van der Waals surface area contributed by atoms with Crippen LogP contribution in [-0.4, -0.2) is 31.3 Å². The van der Waals surface area contributed by atoms with Crippen molar-refractivity contribution in [1.82, 2.24) is 0 Å². The third kappa shape index (κ3) is 10.5.